The van der Waals surface area contributed by atoms with Crippen LogP contribution in [0.2, 0.25) is 0 Å². The molecule has 0 fully saturated rings. The van der Waals surface area contributed by atoms with Crippen LogP contribution >= 0.6 is 0 Å². The van der Waals surface area contributed by atoms with Crippen LogP contribution in [0, 0.1) is 0 Å². The predicted molar refractivity (Wildman–Crippen MR) is 63.1 cm³/mol. The van der Waals surface area contributed by atoms with Gasteiger partial charge in [0.15, 0.2) is 6.79 Å². The Bertz CT molecular complexity index is 329. The van der Waals surface area contributed by atoms with Crippen molar-refractivity contribution in [3.05, 3.63) is 35.9 Å². The van der Waals surface area contributed by atoms with E-state index in [2.05, 4.69) is 26.5 Å². The van der Waals surface area contributed by atoms with Crippen molar-refractivity contribution in [3.8, 4) is 5.75 Å². The van der Waals surface area contributed by atoms with Gasteiger partial charge in [-0.1, -0.05) is 32.6 Å². The summed E-state index contributed by atoms with van der Waals surface area (Å²) in [5.41, 5.74) is 2.30. The van der Waals surface area contributed by atoms with Crippen LogP contribution in [0.1, 0.15) is 30.9 Å². The first-order valence-corrected chi connectivity index (χ1v) is 5.07. The molecule has 0 radical (unpaired) electrons. The molecular weight excluding hydrogens is 188 g/mol. The Balaban J connectivity index is 2.98. The average molecular weight is 206 g/mol. The molecule has 0 N–H and O–H groups in total. The lowest BCUT2D eigenvalue weighted by molar-refractivity contribution is 0.0503. The maximum Gasteiger partial charge on any atom is 0.188 e. The summed E-state index contributed by atoms with van der Waals surface area (Å²) in [5.74, 6) is 1.31. The van der Waals surface area contributed by atoms with Crippen molar-refractivity contribution in [2.45, 2.75) is 19.8 Å². The maximum atomic E-state index is 5.49. The third-order valence-electron chi connectivity index (χ3n) is 2.22. The van der Waals surface area contributed by atoms with Crippen LogP contribution in [0.4, 0.5) is 0 Å². The summed E-state index contributed by atoms with van der Waals surface area (Å²) < 4.78 is 10.4. The second-order valence-electron chi connectivity index (χ2n) is 3.71. The van der Waals surface area contributed by atoms with Gasteiger partial charge < -0.3 is 9.47 Å². The van der Waals surface area contributed by atoms with Crippen LogP contribution < -0.4 is 4.74 Å². The Morgan fingerprint density at radius 2 is 2.13 bits per heavy atom. The first kappa shape index (κ1) is 11.8. The molecule has 0 aliphatic carbocycles. The summed E-state index contributed by atoms with van der Waals surface area (Å²) in [7, 11) is 1.62. The molecule has 1 aromatic rings. The summed E-state index contributed by atoms with van der Waals surface area (Å²) in [6.07, 6.45) is 1.84. The molecule has 0 amide bonds. The van der Waals surface area contributed by atoms with E-state index in [0.717, 1.165) is 11.3 Å². The quantitative estimate of drug-likeness (QED) is 0.687. The molecule has 0 aliphatic rings. The third kappa shape index (κ3) is 3.10. The summed E-state index contributed by atoms with van der Waals surface area (Å²) in [6.45, 7) is 8.32. The van der Waals surface area contributed by atoms with E-state index in [9.17, 15) is 0 Å². The molecule has 82 valence electrons. The fourth-order valence-corrected chi connectivity index (χ4v) is 1.40. The van der Waals surface area contributed by atoms with Crippen molar-refractivity contribution in [2.24, 2.45) is 0 Å². The Hall–Kier alpha value is -1.28. The average Bonchev–Trinajstić information content (AvgIpc) is 2.26. The Kier molecular flexibility index (Phi) is 4.37. The largest absolute Gasteiger partial charge is 0.467 e. The molecule has 0 aliphatic heterocycles. The van der Waals surface area contributed by atoms with Crippen molar-refractivity contribution in [1.29, 1.82) is 0 Å². The first-order valence-electron chi connectivity index (χ1n) is 5.07. The molecule has 0 saturated heterocycles. The molecule has 0 saturated carbocycles. The molecule has 2 heteroatoms. The van der Waals surface area contributed by atoms with E-state index < -0.39 is 0 Å². The Morgan fingerprint density at radius 1 is 1.40 bits per heavy atom. The van der Waals surface area contributed by atoms with Gasteiger partial charge in [0.05, 0.1) is 0 Å². The lowest BCUT2D eigenvalue weighted by Crippen LogP contribution is -2.02. The van der Waals surface area contributed by atoms with Gasteiger partial charge in [-0.3, -0.25) is 0 Å². The summed E-state index contributed by atoms with van der Waals surface area (Å²) >= 11 is 0. The minimum Gasteiger partial charge on any atom is -0.467 e. The van der Waals surface area contributed by atoms with Crippen molar-refractivity contribution < 1.29 is 9.47 Å². The van der Waals surface area contributed by atoms with Crippen LogP contribution in [0.3, 0.4) is 0 Å². The zero-order valence-electron chi connectivity index (χ0n) is 9.62. The predicted octanol–water partition coefficient (Wildman–Crippen LogP) is 3.44. The third-order valence-corrected chi connectivity index (χ3v) is 2.22. The highest BCUT2D eigenvalue weighted by Crippen LogP contribution is 2.27. The highest BCUT2D eigenvalue weighted by atomic mass is 16.7. The normalized spacial score (nSPS) is 10.4. The number of rotatable bonds is 5. The fourth-order valence-electron chi connectivity index (χ4n) is 1.40. The molecule has 0 aromatic heterocycles. The minimum absolute atomic E-state index is 0.285. The van der Waals surface area contributed by atoms with Gasteiger partial charge in [0.25, 0.3) is 0 Å². The van der Waals surface area contributed by atoms with Crippen LogP contribution in [0.15, 0.2) is 24.8 Å². The first-order chi connectivity index (χ1) is 7.19. The van der Waals surface area contributed by atoms with Crippen LogP contribution in [-0.2, 0) is 4.74 Å². The molecule has 0 spiro atoms. The molecule has 2 nitrogen and oxygen atoms in total. The standard InChI is InChI=1S/C13H18O2/c1-5-11-6-7-13(15-9-14-4)12(8-11)10(2)3/h5-8,10H,1,9H2,2-4H3. The van der Waals surface area contributed by atoms with Crippen LogP contribution in [0.5, 0.6) is 5.75 Å². The molecule has 0 heterocycles. The van der Waals surface area contributed by atoms with Gasteiger partial charge in [-0.05, 0) is 29.2 Å². The summed E-state index contributed by atoms with van der Waals surface area (Å²) in [4.78, 5) is 0. The minimum atomic E-state index is 0.285. The Labute approximate surface area is 91.5 Å². The number of benzene rings is 1. The molecule has 0 unspecified atom stereocenters. The van der Waals surface area contributed by atoms with Gasteiger partial charge in [0.1, 0.15) is 5.75 Å². The van der Waals surface area contributed by atoms with E-state index in [0.29, 0.717) is 5.92 Å². The van der Waals surface area contributed by atoms with E-state index in [4.69, 9.17) is 9.47 Å². The van der Waals surface area contributed by atoms with Crippen molar-refractivity contribution in [3.63, 3.8) is 0 Å². The summed E-state index contributed by atoms with van der Waals surface area (Å²) in [6, 6.07) is 6.05. The molecule has 0 atom stereocenters. The van der Waals surface area contributed by atoms with E-state index in [1.54, 1.807) is 7.11 Å². The van der Waals surface area contributed by atoms with Gasteiger partial charge in [0.2, 0.25) is 0 Å². The van der Waals surface area contributed by atoms with Gasteiger partial charge in [-0.2, -0.15) is 0 Å². The van der Waals surface area contributed by atoms with Crippen LogP contribution in [-0.4, -0.2) is 13.9 Å². The van der Waals surface area contributed by atoms with Crippen molar-refractivity contribution in [2.75, 3.05) is 13.9 Å². The van der Waals surface area contributed by atoms with Crippen molar-refractivity contribution in [1.82, 2.24) is 0 Å². The van der Waals surface area contributed by atoms with E-state index >= 15 is 0 Å². The topological polar surface area (TPSA) is 18.5 Å². The molecule has 15 heavy (non-hydrogen) atoms. The lowest BCUT2D eigenvalue weighted by atomic mass is 9.99. The molecular formula is C13H18O2. The second-order valence-corrected chi connectivity index (χ2v) is 3.71. The molecule has 1 rings (SSSR count). The number of ether oxygens (including phenoxy) is 2. The van der Waals surface area contributed by atoms with Crippen molar-refractivity contribution >= 4 is 6.08 Å². The van der Waals surface area contributed by atoms with Gasteiger partial charge in [0, 0.05) is 7.11 Å². The highest BCUT2D eigenvalue weighted by Gasteiger charge is 2.07. The SMILES string of the molecule is C=Cc1ccc(OCOC)c(C(C)C)c1. The highest BCUT2D eigenvalue weighted by molar-refractivity contribution is 5.52. The lowest BCUT2D eigenvalue weighted by Gasteiger charge is -2.14. The monoisotopic (exact) mass is 206 g/mol. The molecule has 0 bridgehead atoms. The second kappa shape index (κ2) is 5.56. The zero-order valence-corrected chi connectivity index (χ0v) is 9.62. The Morgan fingerprint density at radius 3 is 2.67 bits per heavy atom. The van der Waals surface area contributed by atoms with E-state index in [1.165, 1.54) is 5.56 Å². The van der Waals surface area contributed by atoms with Gasteiger partial charge in [-0.15, -0.1) is 0 Å². The van der Waals surface area contributed by atoms with Gasteiger partial charge in [-0.25, -0.2) is 0 Å². The number of hydrogen-bond acceptors (Lipinski definition) is 2. The van der Waals surface area contributed by atoms with E-state index in [1.807, 2.05) is 18.2 Å². The molecule has 1 aromatic carbocycles. The van der Waals surface area contributed by atoms with Gasteiger partial charge >= 0.3 is 0 Å². The number of methoxy groups -OCH3 is 1. The van der Waals surface area contributed by atoms with Crippen LogP contribution in [0.25, 0.3) is 6.08 Å². The fraction of sp³-hybridized carbons (Fsp3) is 0.385. The summed E-state index contributed by atoms with van der Waals surface area (Å²) in [5, 5.41) is 0. The number of hydrogen-bond donors (Lipinski definition) is 0. The smallest absolute Gasteiger partial charge is 0.188 e. The maximum absolute atomic E-state index is 5.49. The van der Waals surface area contributed by atoms with E-state index in [-0.39, 0.29) is 6.79 Å². The zero-order chi connectivity index (χ0) is 11.3.